The average molecular weight is 225 g/mol. The summed E-state index contributed by atoms with van der Waals surface area (Å²) < 4.78 is 0. The average Bonchev–Trinajstić information content (AvgIpc) is 2.75. The van der Waals surface area contributed by atoms with Crippen molar-refractivity contribution in [2.75, 3.05) is 13.1 Å². The number of aryl methyl sites for hydroxylation is 1. The minimum absolute atomic E-state index is 0.205. The smallest absolute Gasteiger partial charge is 0.223 e. The summed E-state index contributed by atoms with van der Waals surface area (Å²) >= 11 is 1.62. The Morgan fingerprint density at radius 2 is 2.53 bits per heavy atom. The van der Waals surface area contributed by atoms with Gasteiger partial charge in [0, 0.05) is 18.3 Å². The predicted molar refractivity (Wildman–Crippen MR) is 59.4 cm³/mol. The molecule has 0 saturated carbocycles. The summed E-state index contributed by atoms with van der Waals surface area (Å²) in [4.78, 5) is 17.8. The van der Waals surface area contributed by atoms with Crippen molar-refractivity contribution in [2.24, 2.45) is 11.7 Å². The van der Waals surface area contributed by atoms with E-state index in [1.54, 1.807) is 11.3 Å². The molecule has 5 heteroatoms. The molecule has 0 aliphatic carbocycles. The van der Waals surface area contributed by atoms with Crippen LogP contribution in [0.25, 0.3) is 0 Å². The number of amides is 1. The molecule has 2 heterocycles. The van der Waals surface area contributed by atoms with E-state index in [1.807, 2.05) is 17.2 Å². The molecule has 0 bridgehead atoms. The molecule has 2 N–H and O–H groups in total. The second-order valence-corrected chi connectivity index (χ2v) is 5.00. The lowest BCUT2D eigenvalue weighted by molar-refractivity contribution is -0.128. The third-order valence-corrected chi connectivity index (χ3v) is 3.47. The van der Waals surface area contributed by atoms with Gasteiger partial charge in [-0.05, 0) is 19.4 Å². The molecule has 2 rings (SSSR count). The Bertz CT molecular complexity index is 363. The summed E-state index contributed by atoms with van der Waals surface area (Å²) in [5.41, 5.74) is 6.55. The fourth-order valence-electron chi connectivity index (χ4n) is 1.84. The van der Waals surface area contributed by atoms with Crippen molar-refractivity contribution in [1.82, 2.24) is 9.88 Å². The second kappa shape index (κ2) is 4.28. The summed E-state index contributed by atoms with van der Waals surface area (Å²) in [6.07, 6.45) is 0.597. The molecule has 1 aliphatic rings. The summed E-state index contributed by atoms with van der Waals surface area (Å²) in [5, 5.41) is 3.06. The van der Waals surface area contributed by atoms with Crippen LogP contribution < -0.4 is 5.73 Å². The van der Waals surface area contributed by atoms with E-state index < -0.39 is 0 Å². The van der Waals surface area contributed by atoms with Crippen LogP contribution in [0.4, 0.5) is 0 Å². The van der Waals surface area contributed by atoms with Gasteiger partial charge in [0.1, 0.15) is 0 Å². The maximum atomic E-state index is 11.6. The van der Waals surface area contributed by atoms with Crippen molar-refractivity contribution in [3.63, 3.8) is 0 Å². The molecular weight excluding hydrogens is 210 g/mol. The third kappa shape index (κ3) is 2.35. The monoisotopic (exact) mass is 225 g/mol. The molecule has 1 unspecified atom stereocenters. The Labute approximate surface area is 93.1 Å². The molecular formula is C10H15N3OS. The molecule has 1 atom stereocenters. The van der Waals surface area contributed by atoms with Gasteiger partial charge >= 0.3 is 0 Å². The number of carbonyl (C=O) groups is 1. The van der Waals surface area contributed by atoms with Crippen molar-refractivity contribution in [3.05, 3.63) is 16.1 Å². The molecule has 82 valence electrons. The summed E-state index contributed by atoms with van der Waals surface area (Å²) in [6, 6.07) is 0. The predicted octanol–water partition coefficient (Wildman–Crippen LogP) is 0.759. The lowest BCUT2D eigenvalue weighted by Crippen LogP contribution is -2.25. The van der Waals surface area contributed by atoms with Gasteiger partial charge in [0.05, 0.1) is 17.2 Å². The zero-order valence-corrected chi connectivity index (χ0v) is 9.59. The number of hydrogen-bond acceptors (Lipinski definition) is 4. The standard InChI is InChI=1S/C10H15N3OS/c1-7-12-9(6-15-7)5-13-4-8(3-11)2-10(13)14/h6,8H,2-5,11H2,1H3. The maximum absolute atomic E-state index is 11.6. The van der Waals surface area contributed by atoms with Crippen LogP contribution in [0.5, 0.6) is 0 Å². The first-order valence-corrected chi connectivity index (χ1v) is 5.96. The Balaban J connectivity index is 1.98. The third-order valence-electron chi connectivity index (χ3n) is 2.65. The lowest BCUT2D eigenvalue weighted by Gasteiger charge is -2.14. The molecule has 1 saturated heterocycles. The molecule has 1 amide bonds. The number of hydrogen-bond donors (Lipinski definition) is 1. The van der Waals surface area contributed by atoms with E-state index in [4.69, 9.17) is 5.73 Å². The number of rotatable bonds is 3. The Morgan fingerprint density at radius 3 is 3.07 bits per heavy atom. The molecule has 1 fully saturated rings. The van der Waals surface area contributed by atoms with Crippen LogP contribution in [0.3, 0.4) is 0 Å². The highest BCUT2D eigenvalue weighted by atomic mass is 32.1. The Kier molecular flexibility index (Phi) is 3.02. The van der Waals surface area contributed by atoms with Gasteiger partial charge in [-0.2, -0.15) is 0 Å². The van der Waals surface area contributed by atoms with Crippen molar-refractivity contribution in [2.45, 2.75) is 19.9 Å². The number of nitrogens with two attached hydrogens (primary N) is 1. The lowest BCUT2D eigenvalue weighted by atomic mass is 10.1. The van der Waals surface area contributed by atoms with Gasteiger partial charge in [0.2, 0.25) is 5.91 Å². The van der Waals surface area contributed by atoms with Gasteiger partial charge in [-0.15, -0.1) is 11.3 Å². The normalized spacial score (nSPS) is 21.3. The first-order chi connectivity index (χ1) is 7.19. The van der Waals surface area contributed by atoms with E-state index in [9.17, 15) is 4.79 Å². The van der Waals surface area contributed by atoms with E-state index >= 15 is 0 Å². The van der Waals surface area contributed by atoms with Crippen LogP contribution in [0.1, 0.15) is 17.1 Å². The first kappa shape index (κ1) is 10.6. The maximum Gasteiger partial charge on any atom is 0.223 e. The van der Waals surface area contributed by atoms with Crippen molar-refractivity contribution < 1.29 is 4.79 Å². The van der Waals surface area contributed by atoms with Gasteiger partial charge in [-0.25, -0.2) is 4.98 Å². The van der Waals surface area contributed by atoms with Crippen molar-refractivity contribution >= 4 is 17.2 Å². The Morgan fingerprint density at radius 1 is 1.73 bits per heavy atom. The van der Waals surface area contributed by atoms with Crippen LogP contribution in [-0.4, -0.2) is 28.9 Å². The van der Waals surface area contributed by atoms with E-state index in [1.165, 1.54) is 0 Å². The zero-order chi connectivity index (χ0) is 10.8. The summed E-state index contributed by atoms with van der Waals surface area (Å²) in [7, 11) is 0. The van der Waals surface area contributed by atoms with E-state index in [2.05, 4.69) is 4.98 Å². The molecule has 0 aromatic carbocycles. The number of nitrogens with zero attached hydrogens (tertiary/aromatic N) is 2. The van der Waals surface area contributed by atoms with Gasteiger partial charge in [0.25, 0.3) is 0 Å². The van der Waals surface area contributed by atoms with Gasteiger partial charge in [0.15, 0.2) is 0 Å². The van der Waals surface area contributed by atoms with Crippen molar-refractivity contribution in [3.8, 4) is 0 Å². The van der Waals surface area contributed by atoms with Crippen LogP contribution in [0.2, 0.25) is 0 Å². The van der Waals surface area contributed by atoms with E-state index in [0.29, 0.717) is 25.4 Å². The topological polar surface area (TPSA) is 59.2 Å². The van der Waals surface area contributed by atoms with Crippen LogP contribution in [0.15, 0.2) is 5.38 Å². The summed E-state index contributed by atoms with van der Waals surface area (Å²) in [6.45, 7) is 3.99. The van der Waals surface area contributed by atoms with Crippen molar-refractivity contribution in [1.29, 1.82) is 0 Å². The molecule has 0 radical (unpaired) electrons. The molecule has 15 heavy (non-hydrogen) atoms. The highest BCUT2D eigenvalue weighted by Crippen LogP contribution is 2.19. The molecule has 1 aromatic rings. The zero-order valence-electron chi connectivity index (χ0n) is 8.77. The van der Waals surface area contributed by atoms with Crippen LogP contribution in [-0.2, 0) is 11.3 Å². The van der Waals surface area contributed by atoms with Gasteiger partial charge in [-0.1, -0.05) is 0 Å². The minimum Gasteiger partial charge on any atom is -0.336 e. The largest absolute Gasteiger partial charge is 0.336 e. The molecule has 4 nitrogen and oxygen atoms in total. The summed E-state index contributed by atoms with van der Waals surface area (Å²) in [5.74, 6) is 0.535. The van der Waals surface area contributed by atoms with Gasteiger partial charge < -0.3 is 10.6 Å². The van der Waals surface area contributed by atoms with Crippen LogP contribution >= 0.6 is 11.3 Å². The number of likely N-dealkylation sites (tertiary alicyclic amines) is 1. The fourth-order valence-corrected chi connectivity index (χ4v) is 2.44. The molecule has 1 aliphatic heterocycles. The van der Waals surface area contributed by atoms with E-state index in [0.717, 1.165) is 17.2 Å². The highest BCUT2D eigenvalue weighted by molar-refractivity contribution is 7.09. The Hall–Kier alpha value is -0.940. The number of aromatic nitrogens is 1. The number of carbonyl (C=O) groups excluding carboxylic acids is 1. The molecule has 0 spiro atoms. The quantitative estimate of drug-likeness (QED) is 0.826. The van der Waals surface area contributed by atoms with E-state index in [-0.39, 0.29) is 5.91 Å². The highest BCUT2D eigenvalue weighted by Gasteiger charge is 2.28. The van der Waals surface area contributed by atoms with Gasteiger partial charge in [-0.3, -0.25) is 4.79 Å². The second-order valence-electron chi connectivity index (χ2n) is 3.94. The minimum atomic E-state index is 0.205. The van der Waals surface area contributed by atoms with Crippen LogP contribution in [0, 0.1) is 12.8 Å². The fraction of sp³-hybridized carbons (Fsp3) is 0.600. The molecule has 1 aromatic heterocycles. The first-order valence-electron chi connectivity index (χ1n) is 5.08. The number of thiazole rings is 1. The SMILES string of the molecule is Cc1nc(CN2CC(CN)CC2=O)cs1.